The minimum Gasteiger partial charge on any atom is -0.491 e. The maximum absolute atomic E-state index is 10.4. The Morgan fingerprint density at radius 1 is 1.32 bits per heavy atom. The lowest BCUT2D eigenvalue weighted by Crippen LogP contribution is -2.38. The fourth-order valence-corrected chi connectivity index (χ4v) is 2.49. The molecule has 0 aliphatic heterocycles. The van der Waals surface area contributed by atoms with E-state index in [4.69, 9.17) is 4.74 Å². The van der Waals surface area contributed by atoms with E-state index in [9.17, 15) is 5.11 Å². The molecule has 6 heteroatoms. The Kier molecular flexibility index (Phi) is 10.2. The van der Waals surface area contributed by atoms with Crippen LogP contribution in [0.2, 0.25) is 0 Å². The average molecular weight is 461 g/mol. The molecule has 2 rings (SSSR count). The summed E-state index contributed by atoms with van der Waals surface area (Å²) < 4.78 is 5.68. The van der Waals surface area contributed by atoms with E-state index in [1.807, 2.05) is 45.0 Å². The summed E-state index contributed by atoms with van der Waals surface area (Å²) in [6.07, 6.45) is 3.40. The first-order valence-corrected chi connectivity index (χ1v) is 9.05. The van der Waals surface area contributed by atoms with Gasteiger partial charge in [-0.05, 0) is 50.8 Å². The predicted octanol–water partition coefficient (Wildman–Crippen LogP) is 3.48. The van der Waals surface area contributed by atoms with Crippen LogP contribution in [-0.4, -0.2) is 36.8 Å². The third-order valence-electron chi connectivity index (χ3n) is 3.92. The topological polar surface area (TPSA) is 65.9 Å². The lowest BCUT2D eigenvalue weighted by molar-refractivity contribution is 0.185. The van der Waals surface area contributed by atoms with Crippen molar-refractivity contribution in [3.8, 4) is 5.75 Å². The maximum atomic E-state index is 10.4. The summed E-state index contributed by atoms with van der Waals surface area (Å²) in [5.41, 5.74) is 0.825. The second-order valence-electron chi connectivity index (χ2n) is 6.63. The van der Waals surface area contributed by atoms with Gasteiger partial charge in [-0.1, -0.05) is 25.0 Å². The molecule has 0 radical (unpaired) electrons. The zero-order valence-corrected chi connectivity index (χ0v) is 17.8. The molecule has 25 heavy (non-hydrogen) atoms. The van der Waals surface area contributed by atoms with Gasteiger partial charge in [0.1, 0.15) is 5.75 Å². The molecule has 142 valence electrons. The molecule has 3 N–H and O–H groups in total. The van der Waals surface area contributed by atoms with Crippen molar-refractivity contribution in [3.05, 3.63) is 29.8 Å². The van der Waals surface area contributed by atoms with Crippen LogP contribution in [0.4, 0.5) is 0 Å². The van der Waals surface area contributed by atoms with Gasteiger partial charge >= 0.3 is 0 Å². The second-order valence-corrected chi connectivity index (χ2v) is 6.63. The van der Waals surface area contributed by atoms with Crippen molar-refractivity contribution in [1.29, 1.82) is 0 Å². The molecule has 1 unspecified atom stereocenters. The smallest absolute Gasteiger partial charge is 0.191 e. The molecule has 0 aromatic heterocycles. The van der Waals surface area contributed by atoms with Gasteiger partial charge < -0.3 is 20.5 Å². The summed E-state index contributed by atoms with van der Waals surface area (Å²) in [5, 5.41) is 17.0. The van der Waals surface area contributed by atoms with E-state index in [0.717, 1.165) is 36.3 Å². The summed E-state index contributed by atoms with van der Waals surface area (Å²) in [6.45, 7) is 8.09. The number of nitrogens with one attached hydrogen (secondary N) is 2. The minimum atomic E-state index is -0.639. The lowest BCUT2D eigenvalue weighted by atomic mass is 10.1. The largest absolute Gasteiger partial charge is 0.491 e. The predicted molar refractivity (Wildman–Crippen MR) is 114 cm³/mol. The van der Waals surface area contributed by atoms with Crippen molar-refractivity contribution >= 4 is 29.9 Å². The van der Waals surface area contributed by atoms with E-state index in [1.165, 1.54) is 19.3 Å². The Hall–Kier alpha value is -1.02. The summed E-state index contributed by atoms with van der Waals surface area (Å²) in [6, 6.07) is 7.59. The van der Waals surface area contributed by atoms with Crippen molar-refractivity contribution in [2.45, 2.75) is 52.2 Å². The zero-order valence-electron chi connectivity index (χ0n) is 15.5. The highest BCUT2D eigenvalue weighted by Crippen LogP contribution is 2.31. The van der Waals surface area contributed by atoms with Gasteiger partial charge in [-0.25, -0.2) is 0 Å². The van der Waals surface area contributed by atoms with Gasteiger partial charge in [0.15, 0.2) is 5.96 Å². The fourth-order valence-electron chi connectivity index (χ4n) is 2.49. The van der Waals surface area contributed by atoms with E-state index in [1.54, 1.807) is 0 Å². The number of hydrogen-bond acceptors (Lipinski definition) is 3. The van der Waals surface area contributed by atoms with Gasteiger partial charge in [-0.3, -0.25) is 4.99 Å². The lowest BCUT2D eigenvalue weighted by Gasteiger charge is -2.15. The first-order valence-electron chi connectivity index (χ1n) is 9.05. The molecule has 1 aliphatic rings. The number of guanidine groups is 1. The highest BCUT2D eigenvalue weighted by molar-refractivity contribution is 14.0. The highest BCUT2D eigenvalue weighted by atomic mass is 127. The molecule has 0 spiro atoms. The molecule has 0 heterocycles. The van der Waals surface area contributed by atoms with Crippen molar-refractivity contribution in [2.24, 2.45) is 10.9 Å². The standard InChI is InChI=1S/C19H31N3O2.HI/c1-4-20-19(21-11-10-15-8-9-15)22-13-18(23)16-6-5-7-17(12-16)24-14(2)3;/h5-7,12,14-15,18,23H,4,8-11,13H2,1-3H3,(H2,20,21,22);1H. The number of aliphatic hydroxyl groups excluding tert-OH is 1. The van der Waals surface area contributed by atoms with Gasteiger partial charge in [-0.15, -0.1) is 24.0 Å². The van der Waals surface area contributed by atoms with Crippen LogP contribution in [0.3, 0.4) is 0 Å². The molecule has 1 aliphatic carbocycles. The summed E-state index contributed by atoms with van der Waals surface area (Å²) in [5.74, 6) is 2.45. The number of ether oxygens (including phenoxy) is 1. The monoisotopic (exact) mass is 461 g/mol. The van der Waals surface area contributed by atoms with Gasteiger partial charge in [0, 0.05) is 13.1 Å². The number of hydrogen-bond donors (Lipinski definition) is 3. The number of nitrogens with zero attached hydrogens (tertiary/aromatic N) is 1. The van der Waals surface area contributed by atoms with E-state index in [2.05, 4.69) is 15.6 Å². The van der Waals surface area contributed by atoms with Crippen molar-refractivity contribution in [2.75, 3.05) is 19.6 Å². The molecular weight excluding hydrogens is 429 g/mol. The molecule has 0 bridgehead atoms. The highest BCUT2D eigenvalue weighted by Gasteiger charge is 2.20. The Balaban J connectivity index is 0.00000312. The van der Waals surface area contributed by atoms with Gasteiger partial charge in [0.05, 0.1) is 18.8 Å². The summed E-state index contributed by atoms with van der Waals surface area (Å²) in [7, 11) is 0. The SMILES string of the molecule is CCNC(=NCC(O)c1cccc(OC(C)C)c1)NCCC1CC1.I. The average Bonchev–Trinajstić information content (AvgIpc) is 3.36. The van der Waals surface area contributed by atoms with Gasteiger partial charge in [0.2, 0.25) is 0 Å². The van der Waals surface area contributed by atoms with Crippen molar-refractivity contribution in [3.63, 3.8) is 0 Å². The first-order chi connectivity index (χ1) is 11.6. The molecule has 0 amide bonds. The molecule has 1 fully saturated rings. The summed E-state index contributed by atoms with van der Waals surface area (Å²) in [4.78, 5) is 4.50. The van der Waals surface area contributed by atoms with Crippen LogP contribution in [0.5, 0.6) is 5.75 Å². The van der Waals surface area contributed by atoms with Gasteiger partial charge in [0.25, 0.3) is 0 Å². The number of aliphatic hydroxyl groups is 1. The van der Waals surface area contributed by atoms with Crippen LogP contribution >= 0.6 is 24.0 Å². The number of halogens is 1. The zero-order chi connectivity index (χ0) is 17.4. The molecule has 0 saturated heterocycles. The Morgan fingerprint density at radius 3 is 2.72 bits per heavy atom. The molecule has 1 atom stereocenters. The third-order valence-corrected chi connectivity index (χ3v) is 3.92. The Bertz CT molecular complexity index is 533. The maximum Gasteiger partial charge on any atom is 0.191 e. The molecule has 1 aromatic rings. The van der Waals surface area contributed by atoms with Gasteiger partial charge in [-0.2, -0.15) is 0 Å². The van der Waals surface area contributed by atoms with Crippen LogP contribution in [-0.2, 0) is 0 Å². The Morgan fingerprint density at radius 2 is 2.08 bits per heavy atom. The molecular formula is C19H32IN3O2. The summed E-state index contributed by atoms with van der Waals surface area (Å²) >= 11 is 0. The number of benzene rings is 1. The van der Waals surface area contributed by atoms with Crippen LogP contribution in [0.1, 0.15) is 51.7 Å². The number of aliphatic imine (C=N–C) groups is 1. The van der Waals surface area contributed by atoms with Crippen LogP contribution in [0.25, 0.3) is 0 Å². The van der Waals surface area contributed by atoms with Crippen molar-refractivity contribution < 1.29 is 9.84 Å². The van der Waals surface area contributed by atoms with E-state index >= 15 is 0 Å². The molecule has 5 nitrogen and oxygen atoms in total. The van der Waals surface area contributed by atoms with E-state index < -0.39 is 6.10 Å². The van der Waals surface area contributed by atoms with E-state index in [0.29, 0.717) is 6.54 Å². The fraction of sp³-hybridized carbons (Fsp3) is 0.632. The quantitative estimate of drug-likeness (QED) is 0.299. The third kappa shape index (κ3) is 8.76. The van der Waals surface area contributed by atoms with E-state index in [-0.39, 0.29) is 30.1 Å². The van der Waals surface area contributed by atoms with Crippen LogP contribution in [0.15, 0.2) is 29.3 Å². The minimum absolute atomic E-state index is 0. The van der Waals surface area contributed by atoms with Crippen molar-refractivity contribution in [1.82, 2.24) is 10.6 Å². The van der Waals surface area contributed by atoms with Crippen LogP contribution in [0, 0.1) is 5.92 Å². The molecule has 1 aromatic carbocycles. The first kappa shape index (κ1) is 22.0. The Labute approximate surface area is 168 Å². The molecule has 1 saturated carbocycles. The number of rotatable bonds is 9. The normalized spacial score (nSPS) is 15.5. The van der Waals surface area contributed by atoms with Crippen LogP contribution < -0.4 is 15.4 Å². The second kappa shape index (κ2) is 11.6.